The minimum absolute atomic E-state index is 0.254. The van der Waals surface area contributed by atoms with E-state index in [2.05, 4.69) is 15.4 Å². The van der Waals surface area contributed by atoms with Gasteiger partial charge in [0.2, 0.25) is 0 Å². The lowest BCUT2D eigenvalue weighted by molar-refractivity contribution is 0.0952. The molecular weight excluding hydrogens is 323 g/mol. The Labute approximate surface area is 143 Å². The number of hydrogen-bond acceptors (Lipinski definition) is 4. The predicted octanol–water partition coefficient (Wildman–Crippen LogP) is 2.41. The molecule has 1 aromatic carbocycles. The van der Waals surface area contributed by atoms with E-state index in [0.29, 0.717) is 24.6 Å². The Morgan fingerprint density at radius 2 is 1.96 bits per heavy atom. The summed E-state index contributed by atoms with van der Waals surface area (Å²) in [6.07, 6.45) is 3.42. The molecule has 0 saturated carbocycles. The molecular formula is C18H15FN4O2. The van der Waals surface area contributed by atoms with E-state index < -0.39 is 0 Å². The predicted molar refractivity (Wildman–Crippen MR) is 89.7 cm³/mol. The van der Waals surface area contributed by atoms with E-state index in [-0.39, 0.29) is 17.4 Å². The van der Waals surface area contributed by atoms with Gasteiger partial charge in [0.15, 0.2) is 11.4 Å². The van der Waals surface area contributed by atoms with Crippen molar-refractivity contribution in [1.29, 1.82) is 0 Å². The number of ether oxygens (including phenoxy) is 1. The Morgan fingerprint density at radius 3 is 2.76 bits per heavy atom. The summed E-state index contributed by atoms with van der Waals surface area (Å²) in [6.45, 7) is 0.788. The fourth-order valence-electron chi connectivity index (χ4n) is 2.88. The molecule has 0 spiro atoms. The largest absolute Gasteiger partial charge is 0.489 e. The van der Waals surface area contributed by atoms with E-state index in [1.165, 1.54) is 12.1 Å². The molecule has 1 aliphatic heterocycles. The fourth-order valence-corrected chi connectivity index (χ4v) is 2.88. The smallest absolute Gasteiger partial charge is 0.273 e. The lowest BCUT2D eigenvalue weighted by Crippen LogP contribution is -2.24. The van der Waals surface area contributed by atoms with Gasteiger partial charge < -0.3 is 10.1 Å². The van der Waals surface area contributed by atoms with Crippen molar-refractivity contribution in [2.75, 3.05) is 13.2 Å². The molecule has 1 amide bonds. The number of nitrogens with zero attached hydrogens (tertiary/aromatic N) is 3. The second-order valence-corrected chi connectivity index (χ2v) is 5.71. The minimum Gasteiger partial charge on any atom is -0.489 e. The molecule has 3 heterocycles. The standard InChI is InChI=1S/C18H15FN4O2/c1-23-10-14(15(22-23)11-2-4-12(19)5-3-11)13-6-7-20-16-17(13)25-9-8-21-18(16)24/h2-7,10H,8-9H2,1H3,(H,21,24). The van der Waals surface area contributed by atoms with Gasteiger partial charge >= 0.3 is 0 Å². The van der Waals surface area contributed by atoms with E-state index in [0.717, 1.165) is 16.7 Å². The Kier molecular flexibility index (Phi) is 3.68. The van der Waals surface area contributed by atoms with Crippen molar-refractivity contribution in [3.05, 3.63) is 54.2 Å². The number of hydrogen-bond donors (Lipinski definition) is 1. The summed E-state index contributed by atoms with van der Waals surface area (Å²) >= 11 is 0. The molecule has 2 aromatic heterocycles. The first kappa shape index (κ1) is 15.3. The highest BCUT2D eigenvalue weighted by molar-refractivity contribution is 5.98. The molecule has 25 heavy (non-hydrogen) atoms. The number of carbonyl (C=O) groups is 1. The lowest BCUT2D eigenvalue weighted by atomic mass is 10.0. The number of halogens is 1. The first-order chi connectivity index (χ1) is 12.1. The maximum atomic E-state index is 13.2. The van der Waals surface area contributed by atoms with Crippen LogP contribution in [0, 0.1) is 5.82 Å². The molecule has 0 atom stereocenters. The van der Waals surface area contributed by atoms with Crippen molar-refractivity contribution in [2.45, 2.75) is 0 Å². The molecule has 0 radical (unpaired) electrons. The highest BCUT2D eigenvalue weighted by Gasteiger charge is 2.24. The zero-order chi connectivity index (χ0) is 17.4. The zero-order valence-corrected chi connectivity index (χ0v) is 13.5. The summed E-state index contributed by atoms with van der Waals surface area (Å²) in [5.74, 6) is -0.130. The number of pyridine rings is 1. The summed E-state index contributed by atoms with van der Waals surface area (Å²) < 4.78 is 20.7. The third-order valence-electron chi connectivity index (χ3n) is 3.99. The number of benzene rings is 1. The molecule has 0 bridgehead atoms. The van der Waals surface area contributed by atoms with E-state index >= 15 is 0 Å². The highest BCUT2D eigenvalue weighted by Crippen LogP contribution is 2.38. The molecule has 0 unspecified atom stereocenters. The van der Waals surface area contributed by atoms with E-state index in [4.69, 9.17) is 4.74 Å². The van der Waals surface area contributed by atoms with Crippen LogP contribution in [0.2, 0.25) is 0 Å². The molecule has 6 nitrogen and oxygen atoms in total. The number of nitrogens with one attached hydrogen (secondary N) is 1. The van der Waals surface area contributed by atoms with E-state index in [1.54, 1.807) is 29.1 Å². The van der Waals surface area contributed by atoms with Gasteiger partial charge in [0, 0.05) is 36.1 Å². The van der Waals surface area contributed by atoms with Crippen LogP contribution in [-0.2, 0) is 7.05 Å². The van der Waals surface area contributed by atoms with Crippen LogP contribution in [0.5, 0.6) is 5.75 Å². The number of aryl methyl sites for hydroxylation is 1. The average Bonchev–Trinajstić information content (AvgIpc) is 2.89. The summed E-state index contributed by atoms with van der Waals surface area (Å²) in [6, 6.07) is 7.93. The zero-order valence-electron chi connectivity index (χ0n) is 13.5. The van der Waals surface area contributed by atoms with Gasteiger partial charge in [-0.05, 0) is 30.3 Å². The molecule has 0 saturated heterocycles. The first-order valence-corrected chi connectivity index (χ1v) is 7.83. The Morgan fingerprint density at radius 1 is 1.16 bits per heavy atom. The number of carbonyl (C=O) groups excluding carboxylic acids is 1. The van der Waals surface area contributed by atoms with Crippen molar-refractivity contribution >= 4 is 5.91 Å². The van der Waals surface area contributed by atoms with Crippen molar-refractivity contribution in [3.8, 4) is 28.1 Å². The number of aromatic nitrogens is 3. The number of rotatable bonds is 2. The summed E-state index contributed by atoms with van der Waals surface area (Å²) in [4.78, 5) is 16.3. The van der Waals surface area contributed by atoms with Gasteiger partial charge in [-0.1, -0.05) is 0 Å². The Bertz CT molecular complexity index is 950. The van der Waals surface area contributed by atoms with E-state index in [9.17, 15) is 9.18 Å². The van der Waals surface area contributed by atoms with Gasteiger partial charge in [0.05, 0.1) is 6.54 Å². The van der Waals surface area contributed by atoms with Crippen molar-refractivity contribution in [2.24, 2.45) is 7.05 Å². The molecule has 0 fully saturated rings. The van der Waals surface area contributed by atoms with Crippen LogP contribution in [0.15, 0.2) is 42.7 Å². The van der Waals surface area contributed by atoms with Crippen LogP contribution >= 0.6 is 0 Å². The van der Waals surface area contributed by atoms with Gasteiger partial charge in [0.1, 0.15) is 18.1 Å². The van der Waals surface area contributed by atoms with Crippen LogP contribution in [0.1, 0.15) is 10.5 Å². The molecule has 126 valence electrons. The van der Waals surface area contributed by atoms with Crippen LogP contribution in [0.4, 0.5) is 4.39 Å². The van der Waals surface area contributed by atoms with Crippen LogP contribution in [0.3, 0.4) is 0 Å². The molecule has 0 aliphatic carbocycles. The van der Waals surface area contributed by atoms with Crippen LogP contribution in [-0.4, -0.2) is 33.8 Å². The SMILES string of the molecule is Cn1cc(-c2ccnc3c2OCCNC3=O)c(-c2ccc(F)cc2)n1. The van der Waals surface area contributed by atoms with Gasteiger partial charge in [-0.2, -0.15) is 5.10 Å². The van der Waals surface area contributed by atoms with Crippen molar-refractivity contribution in [3.63, 3.8) is 0 Å². The van der Waals surface area contributed by atoms with Crippen molar-refractivity contribution < 1.29 is 13.9 Å². The maximum absolute atomic E-state index is 13.2. The second kappa shape index (κ2) is 6.01. The second-order valence-electron chi connectivity index (χ2n) is 5.71. The minimum atomic E-state index is -0.306. The van der Waals surface area contributed by atoms with Crippen LogP contribution in [0.25, 0.3) is 22.4 Å². The maximum Gasteiger partial charge on any atom is 0.273 e. The summed E-state index contributed by atoms with van der Waals surface area (Å²) in [7, 11) is 1.81. The van der Waals surface area contributed by atoms with Gasteiger partial charge in [-0.3, -0.25) is 9.48 Å². The van der Waals surface area contributed by atoms with Crippen molar-refractivity contribution in [1.82, 2.24) is 20.1 Å². The molecule has 1 aliphatic rings. The highest BCUT2D eigenvalue weighted by atomic mass is 19.1. The molecule has 7 heteroatoms. The van der Waals surface area contributed by atoms with Gasteiger partial charge in [0.25, 0.3) is 5.91 Å². The molecule has 4 rings (SSSR count). The molecule has 3 aromatic rings. The fraction of sp³-hybridized carbons (Fsp3) is 0.167. The Balaban J connectivity index is 1.91. The molecule has 1 N–H and O–H groups in total. The quantitative estimate of drug-likeness (QED) is 0.779. The first-order valence-electron chi connectivity index (χ1n) is 7.83. The Hall–Kier alpha value is -3.22. The topological polar surface area (TPSA) is 69.0 Å². The average molecular weight is 338 g/mol. The lowest BCUT2D eigenvalue weighted by Gasteiger charge is -2.11. The monoisotopic (exact) mass is 338 g/mol. The van der Waals surface area contributed by atoms with Gasteiger partial charge in [-0.25, -0.2) is 9.37 Å². The van der Waals surface area contributed by atoms with Gasteiger partial charge in [-0.15, -0.1) is 0 Å². The number of amides is 1. The number of fused-ring (bicyclic) bond motifs is 1. The normalized spacial score (nSPS) is 13.6. The van der Waals surface area contributed by atoms with E-state index in [1.807, 2.05) is 13.2 Å². The third kappa shape index (κ3) is 2.73. The summed E-state index contributed by atoms with van der Waals surface area (Å²) in [5.41, 5.74) is 3.24. The third-order valence-corrected chi connectivity index (χ3v) is 3.99. The van der Waals surface area contributed by atoms with Crippen LogP contribution < -0.4 is 10.1 Å². The summed E-state index contributed by atoms with van der Waals surface area (Å²) in [5, 5.41) is 7.24.